The summed E-state index contributed by atoms with van der Waals surface area (Å²) in [4.78, 5) is 42.0. The van der Waals surface area contributed by atoms with Crippen molar-refractivity contribution < 1.29 is 19.1 Å². The van der Waals surface area contributed by atoms with Crippen LogP contribution in [0.3, 0.4) is 0 Å². The number of ether oxygens (including phenoxy) is 1. The van der Waals surface area contributed by atoms with Crippen LogP contribution in [0, 0.1) is 13.8 Å². The van der Waals surface area contributed by atoms with Crippen molar-refractivity contribution in [1.29, 1.82) is 0 Å². The van der Waals surface area contributed by atoms with E-state index in [4.69, 9.17) is 4.74 Å². The lowest BCUT2D eigenvalue weighted by atomic mass is 9.93. The van der Waals surface area contributed by atoms with Crippen LogP contribution in [0.25, 0.3) is 0 Å². The van der Waals surface area contributed by atoms with Crippen LogP contribution in [0.1, 0.15) is 109 Å². The highest BCUT2D eigenvalue weighted by atomic mass is 32.1. The van der Waals surface area contributed by atoms with Gasteiger partial charge in [0.25, 0.3) is 0 Å². The zero-order valence-corrected chi connectivity index (χ0v) is 25.6. The molecule has 2 N–H and O–H groups in total. The Hall–Kier alpha value is -2.22. The van der Waals surface area contributed by atoms with E-state index in [1.807, 2.05) is 32.0 Å². The molecule has 0 aliphatic heterocycles. The molecule has 0 heterocycles. The summed E-state index contributed by atoms with van der Waals surface area (Å²) >= 11 is 4.38. The molecular weight excluding hydrogens is 498 g/mol. The molecule has 0 aliphatic carbocycles. The fraction of sp³-hybridized carbons (Fsp3) is 0.700. The van der Waals surface area contributed by atoms with E-state index in [9.17, 15) is 14.4 Å². The minimum absolute atomic E-state index is 0.0853. The number of thiol groups is 1. The first-order valence-electron chi connectivity index (χ1n) is 14.2. The molecule has 1 rings (SSSR count). The van der Waals surface area contributed by atoms with Crippen molar-refractivity contribution in [2.75, 3.05) is 18.8 Å². The Morgan fingerprint density at radius 1 is 0.947 bits per heavy atom. The van der Waals surface area contributed by atoms with Crippen molar-refractivity contribution in [3.05, 3.63) is 34.9 Å². The molecule has 7 nitrogen and oxygen atoms in total. The molecule has 2 unspecified atom stereocenters. The van der Waals surface area contributed by atoms with Gasteiger partial charge >= 0.3 is 6.09 Å². The maximum absolute atomic E-state index is 14.0. The van der Waals surface area contributed by atoms with Crippen molar-refractivity contribution in [2.45, 2.75) is 118 Å². The Kier molecular flexibility index (Phi) is 15.5. The van der Waals surface area contributed by atoms with Gasteiger partial charge in [-0.05, 0) is 64.2 Å². The summed E-state index contributed by atoms with van der Waals surface area (Å²) in [5, 5.41) is 5.77. The van der Waals surface area contributed by atoms with Crippen LogP contribution in [0.2, 0.25) is 0 Å². The second-order valence-corrected chi connectivity index (χ2v) is 11.4. The molecule has 0 saturated heterocycles. The molecule has 1 aromatic carbocycles. The Morgan fingerprint density at radius 2 is 1.53 bits per heavy atom. The Labute approximate surface area is 236 Å². The van der Waals surface area contributed by atoms with Gasteiger partial charge in [-0.2, -0.15) is 12.6 Å². The van der Waals surface area contributed by atoms with Gasteiger partial charge < -0.3 is 20.3 Å². The first-order valence-corrected chi connectivity index (χ1v) is 14.8. The van der Waals surface area contributed by atoms with Crippen LogP contribution in [0.4, 0.5) is 4.79 Å². The number of carbonyl (C=O) groups excluding carboxylic acids is 3. The number of benzene rings is 1. The lowest BCUT2D eigenvalue weighted by Gasteiger charge is -2.35. The van der Waals surface area contributed by atoms with Crippen molar-refractivity contribution in [1.82, 2.24) is 15.5 Å². The number of nitrogens with zero attached hydrogens (tertiary/aromatic N) is 1. The number of carbonyl (C=O) groups is 3. The summed E-state index contributed by atoms with van der Waals surface area (Å²) in [5.41, 5.74) is 2.03. The van der Waals surface area contributed by atoms with Gasteiger partial charge in [-0.25, -0.2) is 4.79 Å². The normalized spacial score (nSPS) is 12.9. The number of nitrogens with one attached hydrogen (secondary N) is 2. The van der Waals surface area contributed by atoms with Crippen LogP contribution >= 0.6 is 12.6 Å². The largest absolute Gasteiger partial charge is 0.444 e. The lowest BCUT2D eigenvalue weighted by Crippen LogP contribution is -2.54. The summed E-state index contributed by atoms with van der Waals surface area (Å²) in [6.07, 6.45) is 7.33. The van der Waals surface area contributed by atoms with E-state index in [0.717, 1.165) is 68.1 Å². The third-order valence-electron chi connectivity index (χ3n) is 6.41. The zero-order chi connectivity index (χ0) is 28.7. The van der Waals surface area contributed by atoms with E-state index in [0.29, 0.717) is 13.1 Å². The molecule has 3 amide bonds. The van der Waals surface area contributed by atoms with Gasteiger partial charge in [0.15, 0.2) is 0 Å². The summed E-state index contributed by atoms with van der Waals surface area (Å²) in [6, 6.07) is 4.17. The topological polar surface area (TPSA) is 87.7 Å². The van der Waals surface area contributed by atoms with Crippen molar-refractivity contribution >= 4 is 30.5 Å². The van der Waals surface area contributed by atoms with Crippen molar-refractivity contribution in [3.63, 3.8) is 0 Å². The minimum Gasteiger partial charge on any atom is -0.444 e. The van der Waals surface area contributed by atoms with E-state index in [1.165, 1.54) is 0 Å². The van der Waals surface area contributed by atoms with Gasteiger partial charge in [0, 0.05) is 18.8 Å². The molecule has 38 heavy (non-hydrogen) atoms. The van der Waals surface area contributed by atoms with Gasteiger partial charge in [0.2, 0.25) is 11.8 Å². The molecule has 1 aromatic rings. The highest BCUT2D eigenvalue weighted by Gasteiger charge is 2.36. The molecule has 0 fully saturated rings. The predicted octanol–water partition coefficient (Wildman–Crippen LogP) is 6.27. The van der Waals surface area contributed by atoms with Crippen LogP contribution in [0.15, 0.2) is 18.2 Å². The summed E-state index contributed by atoms with van der Waals surface area (Å²) in [5.74, 6) is -0.449. The second-order valence-electron chi connectivity index (χ2n) is 11.0. The number of amides is 3. The van der Waals surface area contributed by atoms with Crippen LogP contribution in [0.5, 0.6) is 0 Å². The lowest BCUT2D eigenvalue weighted by molar-refractivity contribution is -0.142. The number of hydrogen-bond acceptors (Lipinski definition) is 5. The van der Waals surface area contributed by atoms with Gasteiger partial charge in [0.05, 0.1) is 0 Å². The first kappa shape index (κ1) is 33.8. The fourth-order valence-corrected chi connectivity index (χ4v) is 4.71. The fourth-order valence-electron chi connectivity index (χ4n) is 4.46. The molecule has 0 aromatic heterocycles. The monoisotopic (exact) mass is 549 g/mol. The summed E-state index contributed by atoms with van der Waals surface area (Å²) < 4.78 is 5.40. The molecule has 8 heteroatoms. The van der Waals surface area contributed by atoms with Crippen LogP contribution < -0.4 is 10.6 Å². The Morgan fingerprint density at radius 3 is 2.08 bits per heavy atom. The highest BCUT2D eigenvalue weighted by Crippen LogP contribution is 2.29. The second kappa shape index (κ2) is 17.4. The molecule has 216 valence electrons. The minimum atomic E-state index is -0.927. The smallest absolute Gasteiger partial charge is 0.408 e. The van der Waals surface area contributed by atoms with E-state index in [2.05, 4.69) is 37.1 Å². The molecule has 0 saturated carbocycles. The molecule has 2 atom stereocenters. The Balaban J connectivity index is 3.41. The quantitative estimate of drug-likeness (QED) is 0.167. The molecule has 0 bridgehead atoms. The predicted molar refractivity (Wildman–Crippen MR) is 159 cm³/mol. The van der Waals surface area contributed by atoms with E-state index < -0.39 is 23.8 Å². The summed E-state index contributed by atoms with van der Waals surface area (Å²) in [7, 11) is 0. The number of alkyl carbamates (subject to hydrolysis) is 1. The maximum Gasteiger partial charge on any atom is 0.408 e. The average molecular weight is 550 g/mol. The zero-order valence-electron chi connectivity index (χ0n) is 24.7. The number of unbranched alkanes of at least 4 members (excludes halogenated alkanes) is 6. The Bertz CT molecular complexity index is 864. The van der Waals surface area contributed by atoms with E-state index >= 15 is 0 Å². The number of aryl methyl sites for hydroxylation is 2. The molecule has 0 radical (unpaired) electrons. The third kappa shape index (κ3) is 11.7. The standard InChI is InChI=1S/C30H51N3O4S/c1-8-10-12-13-15-20-33(28(35)24(21-38)32-29(36)37-30(5,6)7)26(27(34)31-19-14-11-9-2)25-22(3)17-16-18-23(25)4/h16-18,24,26,38H,8-15,19-21H2,1-7H3,(H,31,34)(H,32,36). The van der Waals surface area contributed by atoms with Gasteiger partial charge in [-0.3, -0.25) is 9.59 Å². The summed E-state index contributed by atoms with van der Waals surface area (Å²) in [6.45, 7) is 14.5. The number of hydrogen-bond donors (Lipinski definition) is 3. The van der Waals surface area contributed by atoms with Crippen molar-refractivity contribution in [2.24, 2.45) is 0 Å². The maximum atomic E-state index is 14.0. The first-order chi connectivity index (χ1) is 18.0. The van der Waals surface area contributed by atoms with E-state index in [1.54, 1.807) is 25.7 Å². The van der Waals surface area contributed by atoms with Crippen LogP contribution in [-0.2, 0) is 14.3 Å². The van der Waals surface area contributed by atoms with Gasteiger partial charge in [-0.1, -0.05) is 70.6 Å². The average Bonchev–Trinajstić information content (AvgIpc) is 2.84. The van der Waals surface area contributed by atoms with Crippen LogP contribution in [-0.4, -0.2) is 53.3 Å². The molecular formula is C30H51N3O4S. The van der Waals surface area contributed by atoms with Gasteiger partial charge in [0.1, 0.15) is 17.7 Å². The highest BCUT2D eigenvalue weighted by molar-refractivity contribution is 7.80. The van der Waals surface area contributed by atoms with Crippen molar-refractivity contribution in [3.8, 4) is 0 Å². The van der Waals surface area contributed by atoms with E-state index in [-0.39, 0.29) is 17.6 Å². The van der Waals surface area contributed by atoms with Gasteiger partial charge in [-0.15, -0.1) is 0 Å². The third-order valence-corrected chi connectivity index (χ3v) is 6.78. The molecule has 0 aliphatic rings. The number of rotatable bonds is 16. The molecule has 0 spiro atoms. The SMILES string of the molecule is CCCCCCCN(C(=O)C(CS)NC(=O)OC(C)(C)C)C(C(=O)NCCCCC)c1c(C)cccc1C.